The van der Waals surface area contributed by atoms with Crippen LogP contribution in [0, 0.1) is 0 Å². The van der Waals surface area contributed by atoms with Crippen LogP contribution in [0.15, 0.2) is 24.5 Å². The minimum atomic E-state index is -4.53. The Morgan fingerprint density at radius 2 is 1.04 bits per heavy atom. The molecule has 0 amide bonds. The zero-order chi connectivity index (χ0) is 36.1. The van der Waals surface area contributed by atoms with Crippen molar-refractivity contribution in [3.05, 3.63) is 24.5 Å². The van der Waals surface area contributed by atoms with Crippen LogP contribution >= 0.6 is 7.82 Å². The molecule has 0 aliphatic heterocycles. The van der Waals surface area contributed by atoms with Gasteiger partial charge in [0, 0.05) is 6.42 Å². The summed E-state index contributed by atoms with van der Waals surface area (Å²) in [5.74, 6) is -0.414. The number of carbonyl (C=O) groups is 1. The van der Waals surface area contributed by atoms with Crippen molar-refractivity contribution in [3.63, 3.8) is 0 Å². The topological polar surface area (TPSA) is 132 Å². The molecule has 0 rings (SSSR count). The number of aliphatic hydroxyl groups is 2. The lowest BCUT2D eigenvalue weighted by atomic mass is 10.0. The van der Waals surface area contributed by atoms with Gasteiger partial charge >= 0.3 is 13.8 Å². The smallest absolute Gasteiger partial charge is 0.472 e. The summed E-state index contributed by atoms with van der Waals surface area (Å²) in [5, 5.41) is 18.3. The van der Waals surface area contributed by atoms with Gasteiger partial charge in [-0.25, -0.2) is 4.57 Å². The SMILES string of the molecule is CCCCC/C=C\CCCCCCCC(=O)O[C@H](CO/C=C\CCCCCCCCCCCCCCCC)COP(=O)(O)OC[C@@H](O)CO. The van der Waals surface area contributed by atoms with Crippen molar-refractivity contribution < 1.29 is 43.0 Å². The number of rotatable bonds is 38. The minimum Gasteiger partial charge on any atom is -0.498 e. The van der Waals surface area contributed by atoms with Crippen LogP contribution in [0.3, 0.4) is 0 Å². The molecule has 1 unspecified atom stereocenters. The van der Waals surface area contributed by atoms with E-state index in [1.54, 1.807) is 6.26 Å². The monoisotopic (exact) mass is 719 g/mol. The average molecular weight is 719 g/mol. The van der Waals surface area contributed by atoms with Crippen molar-refractivity contribution in [1.29, 1.82) is 0 Å². The normalized spacial score (nSPS) is 14.4. The molecule has 0 fully saturated rings. The summed E-state index contributed by atoms with van der Waals surface area (Å²) < 4.78 is 33.0. The van der Waals surface area contributed by atoms with Gasteiger partial charge in [0.1, 0.15) is 12.7 Å². The molecule has 49 heavy (non-hydrogen) atoms. The van der Waals surface area contributed by atoms with Gasteiger partial charge in [-0.05, 0) is 51.0 Å². The average Bonchev–Trinajstić information content (AvgIpc) is 3.09. The highest BCUT2D eigenvalue weighted by molar-refractivity contribution is 7.47. The Morgan fingerprint density at radius 1 is 0.612 bits per heavy atom. The van der Waals surface area contributed by atoms with Gasteiger partial charge in [0.2, 0.25) is 0 Å². The lowest BCUT2D eigenvalue weighted by Gasteiger charge is -2.20. The van der Waals surface area contributed by atoms with E-state index < -0.39 is 45.8 Å². The molecule has 0 saturated carbocycles. The zero-order valence-corrected chi connectivity index (χ0v) is 32.3. The maximum Gasteiger partial charge on any atom is 0.472 e. The standard InChI is InChI=1S/C39H75O9P/c1-3-5-7-9-11-13-15-17-18-19-20-22-24-26-28-30-32-45-35-38(36-47-49(43,44)46-34-37(41)33-40)48-39(42)31-29-27-25-23-21-16-14-12-10-8-6-4-2/h12,14,30,32,37-38,40-41H,3-11,13,15-29,31,33-36H2,1-2H3,(H,43,44)/b14-12-,32-30-/t37-,38+/m0/s1. The van der Waals surface area contributed by atoms with Crippen molar-refractivity contribution in [2.75, 3.05) is 26.4 Å². The Balaban J connectivity index is 4.25. The van der Waals surface area contributed by atoms with Crippen molar-refractivity contribution in [1.82, 2.24) is 0 Å². The summed E-state index contributed by atoms with van der Waals surface area (Å²) in [6.45, 7) is 2.85. The number of phosphoric ester groups is 1. The summed E-state index contributed by atoms with van der Waals surface area (Å²) in [6.07, 6.45) is 36.5. The van der Waals surface area contributed by atoms with E-state index in [0.717, 1.165) is 44.9 Å². The second-order valence-electron chi connectivity index (χ2n) is 13.4. The molecule has 0 saturated heterocycles. The number of esters is 1. The van der Waals surface area contributed by atoms with Crippen molar-refractivity contribution in [2.45, 2.75) is 193 Å². The largest absolute Gasteiger partial charge is 0.498 e. The molecule has 9 nitrogen and oxygen atoms in total. The fourth-order valence-corrected chi connectivity index (χ4v) is 6.16. The Kier molecular flexibility index (Phi) is 35.7. The molecule has 3 N–H and O–H groups in total. The van der Waals surface area contributed by atoms with Crippen molar-refractivity contribution in [2.24, 2.45) is 0 Å². The number of hydrogen-bond donors (Lipinski definition) is 3. The van der Waals surface area contributed by atoms with Crippen LogP contribution in [0.2, 0.25) is 0 Å². The van der Waals surface area contributed by atoms with Crippen LogP contribution < -0.4 is 0 Å². The van der Waals surface area contributed by atoms with Gasteiger partial charge in [0.15, 0.2) is 6.10 Å². The number of phosphoric acid groups is 1. The highest BCUT2D eigenvalue weighted by atomic mass is 31.2. The molecular formula is C39H75O9P. The van der Waals surface area contributed by atoms with E-state index in [9.17, 15) is 19.4 Å². The molecule has 0 aliphatic rings. The van der Waals surface area contributed by atoms with E-state index in [1.807, 2.05) is 6.08 Å². The van der Waals surface area contributed by atoms with Gasteiger partial charge in [0.05, 0.1) is 26.1 Å². The fourth-order valence-electron chi connectivity index (χ4n) is 5.37. The van der Waals surface area contributed by atoms with Gasteiger partial charge in [-0.1, -0.05) is 142 Å². The number of aliphatic hydroxyl groups excluding tert-OH is 2. The molecule has 0 aliphatic carbocycles. The Labute approximate surface area is 300 Å². The molecule has 0 bridgehead atoms. The lowest BCUT2D eigenvalue weighted by Crippen LogP contribution is -2.28. The first-order valence-corrected chi connectivity index (χ1v) is 21.4. The van der Waals surface area contributed by atoms with Gasteiger partial charge < -0.3 is 24.6 Å². The summed E-state index contributed by atoms with van der Waals surface area (Å²) in [5.41, 5.74) is 0. The van der Waals surface area contributed by atoms with E-state index in [0.29, 0.717) is 6.42 Å². The number of carbonyl (C=O) groups excluding carboxylic acids is 1. The first-order chi connectivity index (χ1) is 23.8. The Bertz CT molecular complexity index is 820. The summed E-state index contributed by atoms with van der Waals surface area (Å²) in [4.78, 5) is 22.4. The highest BCUT2D eigenvalue weighted by Crippen LogP contribution is 2.43. The predicted molar refractivity (Wildman–Crippen MR) is 200 cm³/mol. The van der Waals surface area contributed by atoms with Crippen LogP contribution in [0.25, 0.3) is 0 Å². The van der Waals surface area contributed by atoms with Crippen LogP contribution in [-0.4, -0.2) is 59.7 Å². The molecular weight excluding hydrogens is 643 g/mol. The van der Waals surface area contributed by atoms with E-state index in [4.69, 9.17) is 23.6 Å². The maximum atomic E-state index is 12.5. The summed E-state index contributed by atoms with van der Waals surface area (Å²) in [6, 6.07) is 0. The minimum absolute atomic E-state index is 0.0355. The number of hydrogen-bond acceptors (Lipinski definition) is 8. The first kappa shape index (κ1) is 47.8. The fraction of sp³-hybridized carbons (Fsp3) is 0.872. The third kappa shape index (κ3) is 36.4. The molecule has 10 heteroatoms. The molecule has 0 heterocycles. The maximum absolute atomic E-state index is 12.5. The van der Waals surface area contributed by atoms with Gasteiger partial charge in [-0.3, -0.25) is 13.8 Å². The predicted octanol–water partition coefficient (Wildman–Crippen LogP) is 10.7. The third-order valence-corrected chi connectivity index (χ3v) is 9.40. The molecule has 0 radical (unpaired) electrons. The summed E-state index contributed by atoms with van der Waals surface area (Å²) >= 11 is 0. The van der Waals surface area contributed by atoms with Crippen molar-refractivity contribution >= 4 is 13.8 Å². The van der Waals surface area contributed by atoms with E-state index >= 15 is 0 Å². The number of ether oxygens (including phenoxy) is 2. The molecule has 3 atom stereocenters. The summed E-state index contributed by atoms with van der Waals surface area (Å²) in [7, 11) is -4.53. The van der Waals surface area contributed by atoms with Gasteiger partial charge in [0.25, 0.3) is 0 Å². The Hall–Kier alpha value is -1.22. The molecule has 290 valence electrons. The van der Waals surface area contributed by atoms with E-state index in [-0.39, 0.29) is 13.0 Å². The molecule has 0 aromatic carbocycles. The lowest BCUT2D eigenvalue weighted by molar-refractivity contribution is -0.153. The van der Waals surface area contributed by atoms with Gasteiger partial charge in [-0.15, -0.1) is 0 Å². The quantitative estimate of drug-likeness (QED) is 0.0188. The second kappa shape index (κ2) is 36.6. The van der Waals surface area contributed by atoms with Crippen LogP contribution in [0.1, 0.15) is 181 Å². The molecule has 0 aromatic heterocycles. The van der Waals surface area contributed by atoms with Gasteiger partial charge in [-0.2, -0.15) is 0 Å². The van der Waals surface area contributed by atoms with Crippen molar-refractivity contribution in [3.8, 4) is 0 Å². The second-order valence-corrected chi connectivity index (χ2v) is 14.8. The molecule has 0 aromatic rings. The third-order valence-electron chi connectivity index (χ3n) is 8.45. The van der Waals surface area contributed by atoms with Crippen LogP contribution in [-0.2, 0) is 27.9 Å². The zero-order valence-electron chi connectivity index (χ0n) is 31.4. The highest BCUT2D eigenvalue weighted by Gasteiger charge is 2.26. The van der Waals surface area contributed by atoms with E-state index in [1.165, 1.54) is 109 Å². The number of allylic oxidation sites excluding steroid dienone is 3. The van der Waals surface area contributed by atoms with E-state index in [2.05, 4.69) is 26.0 Å². The van der Waals surface area contributed by atoms with Crippen LogP contribution in [0.5, 0.6) is 0 Å². The number of unbranched alkanes of at least 4 members (excludes halogenated alkanes) is 22. The van der Waals surface area contributed by atoms with Crippen LogP contribution in [0.4, 0.5) is 0 Å². The molecule has 0 spiro atoms. The first-order valence-electron chi connectivity index (χ1n) is 19.9. The Morgan fingerprint density at radius 3 is 1.57 bits per heavy atom.